The van der Waals surface area contributed by atoms with Crippen molar-refractivity contribution < 1.29 is 13.2 Å². The van der Waals surface area contributed by atoms with Crippen molar-refractivity contribution in [3.8, 4) is 11.4 Å². The molecular weight excluding hydrogens is 348 g/mol. The van der Waals surface area contributed by atoms with Crippen molar-refractivity contribution in [3.63, 3.8) is 0 Å². The lowest BCUT2D eigenvalue weighted by molar-refractivity contribution is 0.414. The Morgan fingerprint density at radius 3 is 2.27 bits per heavy atom. The van der Waals surface area contributed by atoms with E-state index in [4.69, 9.17) is 4.74 Å². The summed E-state index contributed by atoms with van der Waals surface area (Å²) >= 11 is 0. The molecule has 0 radical (unpaired) electrons. The van der Waals surface area contributed by atoms with Crippen LogP contribution in [0.1, 0.15) is 17.0 Å². The SMILES string of the molecule is COc1ccc(S(=O)(=O)NCc2cc(C)n(-c3ccccc3)c2C)cc1. The maximum atomic E-state index is 12.5. The number of sulfonamides is 1. The number of methoxy groups -OCH3 is 1. The van der Waals surface area contributed by atoms with Crippen LogP contribution in [0.25, 0.3) is 5.69 Å². The van der Waals surface area contributed by atoms with Gasteiger partial charge in [0, 0.05) is 23.6 Å². The zero-order valence-corrected chi connectivity index (χ0v) is 15.9. The van der Waals surface area contributed by atoms with Gasteiger partial charge in [0.2, 0.25) is 10.0 Å². The highest BCUT2D eigenvalue weighted by Crippen LogP contribution is 2.21. The van der Waals surface area contributed by atoms with E-state index in [-0.39, 0.29) is 11.4 Å². The van der Waals surface area contributed by atoms with Gasteiger partial charge in [-0.2, -0.15) is 0 Å². The monoisotopic (exact) mass is 370 g/mol. The largest absolute Gasteiger partial charge is 0.497 e. The molecule has 0 fully saturated rings. The zero-order valence-electron chi connectivity index (χ0n) is 15.1. The van der Waals surface area contributed by atoms with Crippen LogP contribution < -0.4 is 9.46 Å². The summed E-state index contributed by atoms with van der Waals surface area (Å²) in [4.78, 5) is 0.218. The number of hydrogen-bond donors (Lipinski definition) is 1. The molecule has 2 aromatic carbocycles. The Hall–Kier alpha value is -2.57. The van der Waals surface area contributed by atoms with Crippen molar-refractivity contribution in [1.29, 1.82) is 0 Å². The molecule has 0 saturated heterocycles. The minimum absolute atomic E-state index is 0.218. The van der Waals surface area contributed by atoms with Gasteiger partial charge in [0.05, 0.1) is 12.0 Å². The molecule has 1 N–H and O–H groups in total. The molecule has 6 heteroatoms. The van der Waals surface area contributed by atoms with Gasteiger partial charge in [0.25, 0.3) is 0 Å². The molecule has 0 atom stereocenters. The van der Waals surface area contributed by atoms with Crippen molar-refractivity contribution in [2.75, 3.05) is 7.11 Å². The molecule has 1 aromatic heterocycles. The first-order chi connectivity index (χ1) is 12.4. The Balaban J connectivity index is 1.81. The van der Waals surface area contributed by atoms with Crippen molar-refractivity contribution >= 4 is 10.0 Å². The van der Waals surface area contributed by atoms with Gasteiger partial charge in [-0.3, -0.25) is 0 Å². The van der Waals surface area contributed by atoms with Gasteiger partial charge >= 0.3 is 0 Å². The predicted octanol–water partition coefficient (Wildman–Crippen LogP) is 3.58. The Kier molecular flexibility index (Phi) is 5.15. The molecule has 0 aliphatic heterocycles. The van der Waals surface area contributed by atoms with Crippen LogP contribution in [0.5, 0.6) is 5.75 Å². The van der Waals surface area contributed by atoms with Gasteiger partial charge in [-0.05, 0) is 61.9 Å². The third-order valence-corrected chi connectivity index (χ3v) is 5.79. The molecule has 0 aliphatic carbocycles. The summed E-state index contributed by atoms with van der Waals surface area (Å²) in [6.07, 6.45) is 0. The summed E-state index contributed by atoms with van der Waals surface area (Å²) in [6.45, 7) is 4.25. The summed E-state index contributed by atoms with van der Waals surface area (Å²) < 4.78 is 34.9. The van der Waals surface area contributed by atoms with Gasteiger partial charge < -0.3 is 9.30 Å². The van der Waals surface area contributed by atoms with Crippen LogP contribution >= 0.6 is 0 Å². The second kappa shape index (κ2) is 7.35. The molecule has 0 unspecified atom stereocenters. The van der Waals surface area contributed by atoms with E-state index in [1.54, 1.807) is 19.2 Å². The molecule has 3 rings (SSSR count). The molecule has 5 nitrogen and oxygen atoms in total. The Morgan fingerprint density at radius 2 is 1.65 bits per heavy atom. The molecule has 136 valence electrons. The fourth-order valence-electron chi connectivity index (χ4n) is 2.99. The summed E-state index contributed by atoms with van der Waals surface area (Å²) in [5.41, 5.74) is 4.09. The van der Waals surface area contributed by atoms with E-state index in [2.05, 4.69) is 9.29 Å². The lowest BCUT2D eigenvalue weighted by Crippen LogP contribution is -2.23. The quantitative estimate of drug-likeness (QED) is 0.721. The van der Waals surface area contributed by atoms with E-state index in [9.17, 15) is 8.42 Å². The first-order valence-corrected chi connectivity index (χ1v) is 9.77. The average molecular weight is 370 g/mol. The summed E-state index contributed by atoms with van der Waals surface area (Å²) in [5, 5.41) is 0. The fourth-order valence-corrected chi connectivity index (χ4v) is 4.00. The lowest BCUT2D eigenvalue weighted by Gasteiger charge is -2.10. The molecular formula is C20H22N2O3S. The number of benzene rings is 2. The van der Waals surface area contributed by atoms with Crippen LogP contribution in [-0.4, -0.2) is 20.1 Å². The van der Waals surface area contributed by atoms with Gasteiger partial charge in [0.1, 0.15) is 5.75 Å². The predicted molar refractivity (Wildman–Crippen MR) is 102 cm³/mol. The van der Waals surface area contributed by atoms with Crippen molar-refractivity contribution in [1.82, 2.24) is 9.29 Å². The normalized spacial score (nSPS) is 11.5. The summed E-state index contributed by atoms with van der Waals surface area (Å²) in [6, 6.07) is 18.4. The van der Waals surface area contributed by atoms with Crippen LogP contribution in [0.15, 0.2) is 65.6 Å². The second-order valence-electron chi connectivity index (χ2n) is 6.07. The number of para-hydroxylation sites is 1. The van der Waals surface area contributed by atoms with Crippen molar-refractivity contribution in [2.45, 2.75) is 25.3 Å². The Bertz CT molecular complexity index is 992. The topological polar surface area (TPSA) is 60.3 Å². The van der Waals surface area contributed by atoms with Gasteiger partial charge in [-0.1, -0.05) is 18.2 Å². The van der Waals surface area contributed by atoms with E-state index in [0.717, 1.165) is 22.6 Å². The molecule has 1 heterocycles. The van der Waals surface area contributed by atoms with Crippen LogP contribution in [0.2, 0.25) is 0 Å². The maximum absolute atomic E-state index is 12.5. The zero-order chi connectivity index (χ0) is 18.7. The van der Waals surface area contributed by atoms with Gasteiger partial charge in [-0.15, -0.1) is 0 Å². The van der Waals surface area contributed by atoms with E-state index < -0.39 is 10.0 Å². The number of nitrogens with one attached hydrogen (secondary N) is 1. The Labute approximate surface area is 154 Å². The minimum atomic E-state index is -3.58. The van der Waals surface area contributed by atoms with Crippen LogP contribution in [0.4, 0.5) is 0 Å². The first-order valence-electron chi connectivity index (χ1n) is 8.29. The second-order valence-corrected chi connectivity index (χ2v) is 7.83. The first kappa shape index (κ1) is 18.2. The number of ether oxygens (including phenoxy) is 1. The minimum Gasteiger partial charge on any atom is -0.497 e. The third kappa shape index (κ3) is 3.66. The van der Waals surface area contributed by atoms with Crippen molar-refractivity contribution in [3.05, 3.63) is 77.6 Å². The van der Waals surface area contributed by atoms with Crippen molar-refractivity contribution in [2.24, 2.45) is 0 Å². The lowest BCUT2D eigenvalue weighted by atomic mass is 10.2. The number of aromatic nitrogens is 1. The fraction of sp³-hybridized carbons (Fsp3) is 0.200. The molecule has 0 bridgehead atoms. The third-order valence-electron chi connectivity index (χ3n) is 4.37. The van der Waals surface area contributed by atoms with E-state index >= 15 is 0 Å². The van der Waals surface area contributed by atoms with E-state index in [1.807, 2.05) is 50.2 Å². The highest BCUT2D eigenvalue weighted by molar-refractivity contribution is 7.89. The molecule has 0 spiro atoms. The van der Waals surface area contributed by atoms with E-state index in [0.29, 0.717) is 5.75 Å². The average Bonchev–Trinajstić information content (AvgIpc) is 2.94. The van der Waals surface area contributed by atoms with Crippen LogP contribution in [0, 0.1) is 13.8 Å². The molecule has 0 saturated carbocycles. The molecule has 3 aromatic rings. The van der Waals surface area contributed by atoms with Gasteiger partial charge in [-0.25, -0.2) is 13.1 Å². The molecule has 26 heavy (non-hydrogen) atoms. The number of aryl methyl sites for hydroxylation is 1. The van der Waals surface area contributed by atoms with E-state index in [1.165, 1.54) is 12.1 Å². The van der Waals surface area contributed by atoms with Gasteiger partial charge in [0.15, 0.2) is 0 Å². The number of rotatable bonds is 6. The maximum Gasteiger partial charge on any atom is 0.240 e. The summed E-state index contributed by atoms with van der Waals surface area (Å²) in [7, 11) is -2.04. The highest BCUT2D eigenvalue weighted by Gasteiger charge is 2.16. The molecule has 0 amide bonds. The molecule has 0 aliphatic rings. The summed E-state index contributed by atoms with van der Waals surface area (Å²) in [5.74, 6) is 0.621. The van der Waals surface area contributed by atoms with Crippen LogP contribution in [0.3, 0.4) is 0 Å². The standard InChI is InChI=1S/C20H22N2O3S/c1-15-13-17(16(2)22(15)18-7-5-4-6-8-18)14-21-26(23,24)20-11-9-19(25-3)10-12-20/h4-13,21H,14H2,1-3H3. The smallest absolute Gasteiger partial charge is 0.240 e. The number of hydrogen-bond acceptors (Lipinski definition) is 3. The highest BCUT2D eigenvalue weighted by atomic mass is 32.2. The Morgan fingerprint density at radius 1 is 1.00 bits per heavy atom. The van der Waals surface area contributed by atoms with Crippen LogP contribution in [-0.2, 0) is 16.6 Å². The number of nitrogens with zero attached hydrogens (tertiary/aromatic N) is 1.